The summed E-state index contributed by atoms with van der Waals surface area (Å²) >= 11 is 0. The molecule has 0 saturated heterocycles. The van der Waals surface area contributed by atoms with Crippen molar-refractivity contribution >= 4 is 11.4 Å². The Kier molecular flexibility index (Phi) is 6.45. The molecule has 2 rings (SSSR count). The number of ketones is 1. The number of unbranched alkanes of at least 4 members (excludes halogenated alkanes) is 2. The summed E-state index contributed by atoms with van der Waals surface area (Å²) in [6.45, 7) is 7.56. The molecule has 0 aliphatic carbocycles. The highest BCUT2D eigenvalue weighted by Gasteiger charge is 2.15. The number of aromatic nitrogens is 2. The fourth-order valence-electron chi connectivity index (χ4n) is 2.78. The van der Waals surface area contributed by atoms with E-state index in [0.717, 1.165) is 30.4 Å². The van der Waals surface area contributed by atoms with Crippen LogP contribution in [0.15, 0.2) is 41.5 Å². The van der Waals surface area contributed by atoms with Gasteiger partial charge in [0.25, 0.3) is 5.56 Å². The fraction of sp³-hybridized carbons (Fsp3) is 0.381. The molecule has 0 aliphatic rings. The molecule has 2 aromatic rings. The summed E-state index contributed by atoms with van der Waals surface area (Å²) in [7, 11) is 0. The van der Waals surface area contributed by atoms with Gasteiger partial charge >= 0.3 is 0 Å². The SMILES string of the molecule is CCCC/C=C(/c1ccc(C)cc1)c1c(C)ncn(CC(C)=O)c1=O. The Balaban J connectivity index is 2.61. The minimum atomic E-state index is -0.161. The number of aryl methyl sites for hydroxylation is 2. The molecule has 0 fully saturated rings. The number of nitrogens with zero attached hydrogens (tertiary/aromatic N) is 2. The van der Waals surface area contributed by atoms with Crippen molar-refractivity contribution in [2.75, 3.05) is 0 Å². The van der Waals surface area contributed by atoms with Crippen LogP contribution in [0.25, 0.3) is 5.57 Å². The van der Waals surface area contributed by atoms with Crippen molar-refractivity contribution in [2.45, 2.75) is 53.5 Å². The molecule has 0 bridgehead atoms. The van der Waals surface area contributed by atoms with Gasteiger partial charge < -0.3 is 0 Å². The van der Waals surface area contributed by atoms with Gasteiger partial charge in [0, 0.05) is 0 Å². The summed E-state index contributed by atoms with van der Waals surface area (Å²) in [5.74, 6) is -0.0643. The predicted octanol–water partition coefficient (Wildman–Crippen LogP) is 4.07. The molecule has 132 valence electrons. The van der Waals surface area contributed by atoms with Gasteiger partial charge in [-0.1, -0.05) is 55.7 Å². The zero-order valence-corrected chi connectivity index (χ0v) is 15.5. The molecule has 1 aromatic carbocycles. The first-order valence-corrected chi connectivity index (χ1v) is 8.77. The minimum Gasteiger partial charge on any atom is -0.298 e. The molecule has 1 heterocycles. The first-order valence-electron chi connectivity index (χ1n) is 8.77. The van der Waals surface area contributed by atoms with Crippen LogP contribution >= 0.6 is 0 Å². The summed E-state index contributed by atoms with van der Waals surface area (Å²) in [5, 5.41) is 0. The molecule has 0 N–H and O–H groups in total. The third-order valence-corrected chi connectivity index (χ3v) is 4.16. The fourth-order valence-corrected chi connectivity index (χ4v) is 2.78. The van der Waals surface area contributed by atoms with Gasteiger partial charge in [-0.2, -0.15) is 0 Å². The van der Waals surface area contributed by atoms with E-state index in [1.54, 1.807) is 0 Å². The summed E-state index contributed by atoms with van der Waals surface area (Å²) in [4.78, 5) is 28.8. The van der Waals surface area contributed by atoms with Crippen LogP contribution in [0, 0.1) is 13.8 Å². The Labute approximate surface area is 149 Å². The van der Waals surface area contributed by atoms with Crippen molar-refractivity contribution in [3.05, 3.63) is 69.4 Å². The molecule has 0 unspecified atom stereocenters. The Morgan fingerprint density at radius 1 is 1.20 bits per heavy atom. The van der Waals surface area contributed by atoms with E-state index < -0.39 is 0 Å². The highest BCUT2D eigenvalue weighted by Crippen LogP contribution is 2.24. The minimum absolute atomic E-state index is 0.0508. The number of carbonyl (C=O) groups excluding carboxylic acids is 1. The molecule has 4 heteroatoms. The summed E-state index contributed by atoms with van der Waals surface area (Å²) in [6, 6.07) is 8.16. The molecule has 0 radical (unpaired) electrons. The van der Waals surface area contributed by atoms with Crippen molar-refractivity contribution in [3.63, 3.8) is 0 Å². The summed E-state index contributed by atoms with van der Waals surface area (Å²) in [6.07, 6.45) is 6.65. The van der Waals surface area contributed by atoms with E-state index in [1.165, 1.54) is 23.4 Å². The lowest BCUT2D eigenvalue weighted by atomic mass is 9.95. The lowest BCUT2D eigenvalue weighted by Gasteiger charge is -2.13. The van der Waals surface area contributed by atoms with Crippen molar-refractivity contribution in [3.8, 4) is 0 Å². The van der Waals surface area contributed by atoms with Gasteiger partial charge in [-0.15, -0.1) is 0 Å². The molecule has 0 atom stereocenters. The maximum Gasteiger partial charge on any atom is 0.261 e. The summed E-state index contributed by atoms with van der Waals surface area (Å²) < 4.78 is 1.40. The van der Waals surface area contributed by atoms with Crippen LogP contribution in [0.4, 0.5) is 0 Å². The number of allylic oxidation sites excluding steroid dienone is 1. The van der Waals surface area contributed by atoms with E-state index in [4.69, 9.17) is 0 Å². The van der Waals surface area contributed by atoms with Crippen LogP contribution < -0.4 is 5.56 Å². The Bertz CT molecular complexity index is 830. The zero-order valence-electron chi connectivity index (χ0n) is 15.5. The average Bonchev–Trinajstić information content (AvgIpc) is 2.57. The highest BCUT2D eigenvalue weighted by atomic mass is 16.1. The van der Waals surface area contributed by atoms with Crippen LogP contribution in [0.3, 0.4) is 0 Å². The molecular formula is C21H26N2O2. The summed E-state index contributed by atoms with van der Waals surface area (Å²) in [5.41, 5.74) is 4.20. The smallest absolute Gasteiger partial charge is 0.261 e. The Morgan fingerprint density at radius 3 is 2.48 bits per heavy atom. The normalized spacial score (nSPS) is 11.6. The standard InChI is InChI=1S/C21H26N2O2/c1-5-6-7-8-19(18-11-9-15(2)10-12-18)20-17(4)22-14-23(21(20)25)13-16(3)24/h8-12,14H,5-7,13H2,1-4H3/b19-8-. The van der Waals surface area contributed by atoms with E-state index in [1.807, 2.05) is 38.1 Å². The highest BCUT2D eigenvalue weighted by molar-refractivity contribution is 5.81. The quantitative estimate of drug-likeness (QED) is 0.715. The van der Waals surface area contributed by atoms with Gasteiger partial charge in [0.2, 0.25) is 0 Å². The van der Waals surface area contributed by atoms with Crippen LogP contribution in [-0.4, -0.2) is 15.3 Å². The maximum absolute atomic E-state index is 13.0. The van der Waals surface area contributed by atoms with Gasteiger partial charge in [0.15, 0.2) is 0 Å². The molecule has 1 aromatic heterocycles. The van der Waals surface area contributed by atoms with E-state index in [9.17, 15) is 9.59 Å². The third kappa shape index (κ3) is 4.75. The predicted molar refractivity (Wildman–Crippen MR) is 102 cm³/mol. The number of hydrogen-bond donors (Lipinski definition) is 0. The van der Waals surface area contributed by atoms with Crippen molar-refractivity contribution in [1.82, 2.24) is 9.55 Å². The average molecular weight is 338 g/mol. The van der Waals surface area contributed by atoms with Crippen LogP contribution in [0.2, 0.25) is 0 Å². The topological polar surface area (TPSA) is 52.0 Å². The van der Waals surface area contributed by atoms with E-state index in [2.05, 4.69) is 18.0 Å². The van der Waals surface area contributed by atoms with E-state index in [0.29, 0.717) is 11.3 Å². The second-order valence-electron chi connectivity index (χ2n) is 6.47. The molecule has 0 amide bonds. The molecule has 0 aliphatic heterocycles. The molecule has 0 saturated carbocycles. The zero-order chi connectivity index (χ0) is 18.4. The monoisotopic (exact) mass is 338 g/mol. The third-order valence-electron chi connectivity index (χ3n) is 4.16. The molecule has 4 nitrogen and oxygen atoms in total. The van der Waals surface area contributed by atoms with E-state index >= 15 is 0 Å². The van der Waals surface area contributed by atoms with Crippen LogP contribution in [-0.2, 0) is 11.3 Å². The van der Waals surface area contributed by atoms with Gasteiger partial charge in [-0.05, 0) is 38.3 Å². The van der Waals surface area contributed by atoms with Gasteiger partial charge in [-0.3, -0.25) is 14.2 Å². The molecular weight excluding hydrogens is 312 g/mol. The van der Waals surface area contributed by atoms with Gasteiger partial charge in [-0.25, -0.2) is 4.98 Å². The maximum atomic E-state index is 13.0. The number of Topliss-reactive ketones (excluding diaryl/α,β-unsaturated/α-hetero) is 1. The van der Waals surface area contributed by atoms with Gasteiger partial charge in [0.05, 0.1) is 24.1 Å². The number of rotatable bonds is 7. The van der Waals surface area contributed by atoms with Crippen LogP contribution in [0.1, 0.15) is 55.5 Å². The Hall–Kier alpha value is -2.49. The lowest BCUT2D eigenvalue weighted by Crippen LogP contribution is -2.27. The van der Waals surface area contributed by atoms with Crippen molar-refractivity contribution < 1.29 is 4.79 Å². The van der Waals surface area contributed by atoms with Crippen molar-refractivity contribution in [1.29, 1.82) is 0 Å². The second-order valence-corrected chi connectivity index (χ2v) is 6.47. The number of hydrogen-bond acceptors (Lipinski definition) is 3. The first-order chi connectivity index (χ1) is 11.9. The Morgan fingerprint density at radius 2 is 1.88 bits per heavy atom. The second kappa shape index (κ2) is 8.56. The number of benzene rings is 1. The molecule has 0 spiro atoms. The largest absolute Gasteiger partial charge is 0.298 e. The van der Waals surface area contributed by atoms with E-state index in [-0.39, 0.29) is 17.9 Å². The molecule has 25 heavy (non-hydrogen) atoms. The van der Waals surface area contributed by atoms with Crippen LogP contribution in [0.5, 0.6) is 0 Å². The van der Waals surface area contributed by atoms with Gasteiger partial charge in [0.1, 0.15) is 5.78 Å². The number of carbonyl (C=O) groups is 1. The first kappa shape index (κ1) is 18.8. The van der Waals surface area contributed by atoms with Crippen molar-refractivity contribution in [2.24, 2.45) is 0 Å². The lowest BCUT2D eigenvalue weighted by molar-refractivity contribution is -0.117.